The van der Waals surface area contributed by atoms with Crippen LogP contribution in [0.4, 0.5) is 13.2 Å². The highest BCUT2D eigenvalue weighted by atomic mass is 19.4. The van der Waals surface area contributed by atoms with Crippen molar-refractivity contribution >= 4 is 16.9 Å². The molecule has 1 atom stereocenters. The van der Waals surface area contributed by atoms with Gasteiger partial charge in [0.15, 0.2) is 0 Å². The van der Waals surface area contributed by atoms with Gasteiger partial charge in [-0.05, 0) is 24.6 Å². The fourth-order valence-electron chi connectivity index (χ4n) is 2.68. The van der Waals surface area contributed by atoms with Crippen LogP contribution in [0.1, 0.15) is 24.1 Å². The van der Waals surface area contributed by atoms with E-state index in [4.69, 9.17) is 0 Å². The van der Waals surface area contributed by atoms with E-state index in [9.17, 15) is 22.8 Å². The summed E-state index contributed by atoms with van der Waals surface area (Å²) in [4.78, 5) is 28.6. The molecule has 0 spiro atoms. The zero-order valence-electron chi connectivity index (χ0n) is 14.5. The maximum absolute atomic E-state index is 12.6. The second-order valence-electron chi connectivity index (χ2n) is 6.11. The van der Waals surface area contributed by atoms with Crippen LogP contribution in [-0.2, 0) is 24.6 Å². The maximum atomic E-state index is 12.6. The summed E-state index contributed by atoms with van der Waals surface area (Å²) in [7, 11) is 1.66. The predicted octanol–water partition coefficient (Wildman–Crippen LogP) is 2.03. The van der Waals surface area contributed by atoms with Gasteiger partial charge in [-0.2, -0.15) is 18.3 Å². The van der Waals surface area contributed by atoms with Crippen molar-refractivity contribution in [1.82, 2.24) is 24.6 Å². The van der Waals surface area contributed by atoms with E-state index >= 15 is 0 Å². The molecule has 10 heteroatoms. The quantitative estimate of drug-likeness (QED) is 0.752. The summed E-state index contributed by atoms with van der Waals surface area (Å²) < 4.78 is 40.4. The normalized spacial score (nSPS) is 12.9. The molecule has 3 aromatic rings. The lowest BCUT2D eigenvalue weighted by atomic mass is 10.1. The average molecular weight is 379 g/mol. The Morgan fingerprint density at radius 1 is 1.26 bits per heavy atom. The van der Waals surface area contributed by atoms with Crippen LogP contribution in [-0.4, -0.2) is 25.2 Å². The summed E-state index contributed by atoms with van der Waals surface area (Å²) in [6, 6.07) is 4.00. The second kappa shape index (κ2) is 6.86. The molecule has 0 fully saturated rings. The lowest BCUT2D eigenvalue weighted by Gasteiger charge is -2.15. The molecule has 0 aliphatic heterocycles. The first kappa shape index (κ1) is 18.6. The van der Waals surface area contributed by atoms with Gasteiger partial charge in [-0.15, -0.1) is 0 Å². The minimum absolute atomic E-state index is 0.315. The van der Waals surface area contributed by atoms with Gasteiger partial charge in [0.2, 0.25) is 5.91 Å². The molecule has 0 saturated heterocycles. The maximum Gasteiger partial charge on any atom is 0.416 e. The van der Waals surface area contributed by atoms with E-state index in [1.807, 2.05) is 0 Å². The number of imidazole rings is 1. The molecular formula is C17H16F3N5O2. The third-order valence-corrected chi connectivity index (χ3v) is 4.13. The van der Waals surface area contributed by atoms with E-state index in [1.165, 1.54) is 24.7 Å². The molecule has 0 unspecified atom stereocenters. The summed E-state index contributed by atoms with van der Waals surface area (Å²) in [5, 5.41) is 6.57. The van der Waals surface area contributed by atoms with Crippen LogP contribution in [0.3, 0.4) is 0 Å². The van der Waals surface area contributed by atoms with Gasteiger partial charge in [-0.25, -0.2) is 9.67 Å². The standard InChI is InChI=1S/C17H16F3N5O2/c1-10(11-3-5-12(6-4-11)17(18,19)20)23-14(26)8-25-16(27)15-13(7-22-25)21-9-24(15)2/h3-7,9-10H,8H2,1-2H3,(H,23,26)/t10-/m0/s1. The van der Waals surface area contributed by atoms with E-state index in [-0.39, 0.29) is 6.54 Å². The van der Waals surface area contributed by atoms with Crippen LogP contribution < -0.4 is 10.9 Å². The number of fused-ring (bicyclic) bond motifs is 1. The Morgan fingerprint density at radius 2 is 1.93 bits per heavy atom. The molecule has 142 valence electrons. The molecule has 27 heavy (non-hydrogen) atoms. The number of carbonyl (C=O) groups is 1. The summed E-state index contributed by atoms with van der Waals surface area (Å²) in [5.74, 6) is -0.487. The van der Waals surface area contributed by atoms with E-state index < -0.39 is 29.2 Å². The Kier molecular flexibility index (Phi) is 4.73. The third kappa shape index (κ3) is 3.83. The molecule has 1 N–H and O–H groups in total. The number of amides is 1. The van der Waals surface area contributed by atoms with E-state index in [2.05, 4.69) is 15.4 Å². The number of carbonyl (C=O) groups excluding carboxylic acids is 1. The van der Waals surface area contributed by atoms with Crippen molar-refractivity contribution < 1.29 is 18.0 Å². The minimum atomic E-state index is -4.41. The van der Waals surface area contributed by atoms with Crippen LogP contribution in [0.15, 0.2) is 41.6 Å². The van der Waals surface area contributed by atoms with Crippen molar-refractivity contribution in [3.8, 4) is 0 Å². The van der Waals surface area contributed by atoms with Crippen LogP contribution in [0.5, 0.6) is 0 Å². The number of benzene rings is 1. The molecule has 3 rings (SSSR count). The molecular weight excluding hydrogens is 363 g/mol. The summed E-state index contributed by atoms with van der Waals surface area (Å²) >= 11 is 0. The first-order chi connectivity index (χ1) is 12.7. The molecule has 0 aliphatic rings. The molecule has 2 heterocycles. The highest BCUT2D eigenvalue weighted by molar-refractivity contribution is 5.77. The minimum Gasteiger partial charge on any atom is -0.348 e. The summed E-state index contributed by atoms with van der Waals surface area (Å²) in [6.07, 6.45) is -1.55. The highest BCUT2D eigenvalue weighted by Gasteiger charge is 2.30. The van der Waals surface area contributed by atoms with Gasteiger partial charge in [0.1, 0.15) is 17.6 Å². The van der Waals surface area contributed by atoms with E-state index in [1.54, 1.807) is 18.5 Å². The van der Waals surface area contributed by atoms with E-state index in [0.29, 0.717) is 16.6 Å². The molecule has 0 saturated carbocycles. The highest BCUT2D eigenvalue weighted by Crippen LogP contribution is 2.29. The third-order valence-electron chi connectivity index (χ3n) is 4.13. The van der Waals surface area contributed by atoms with Gasteiger partial charge in [-0.1, -0.05) is 12.1 Å². The predicted molar refractivity (Wildman–Crippen MR) is 90.8 cm³/mol. The van der Waals surface area contributed by atoms with Crippen molar-refractivity contribution in [1.29, 1.82) is 0 Å². The molecule has 1 amide bonds. The number of aromatic nitrogens is 4. The number of aryl methyl sites for hydroxylation is 1. The number of nitrogens with one attached hydrogen (secondary N) is 1. The van der Waals surface area contributed by atoms with Crippen molar-refractivity contribution in [3.63, 3.8) is 0 Å². The first-order valence-corrected chi connectivity index (χ1v) is 8.00. The fraction of sp³-hybridized carbons (Fsp3) is 0.294. The average Bonchev–Trinajstić information content (AvgIpc) is 2.98. The number of hydrogen-bond acceptors (Lipinski definition) is 4. The van der Waals surface area contributed by atoms with Crippen molar-refractivity contribution in [3.05, 3.63) is 58.3 Å². The van der Waals surface area contributed by atoms with E-state index in [0.717, 1.165) is 16.8 Å². The van der Waals surface area contributed by atoms with Gasteiger partial charge >= 0.3 is 6.18 Å². The molecule has 1 aromatic carbocycles. The van der Waals surface area contributed by atoms with Crippen LogP contribution >= 0.6 is 0 Å². The van der Waals surface area contributed by atoms with Gasteiger partial charge in [0, 0.05) is 7.05 Å². The van der Waals surface area contributed by atoms with Crippen molar-refractivity contribution in [2.45, 2.75) is 25.7 Å². The zero-order chi connectivity index (χ0) is 19.8. The fourth-order valence-corrected chi connectivity index (χ4v) is 2.68. The van der Waals surface area contributed by atoms with Crippen LogP contribution in [0, 0.1) is 0 Å². The topological polar surface area (TPSA) is 81.8 Å². The van der Waals surface area contributed by atoms with Crippen molar-refractivity contribution in [2.24, 2.45) is 7.05 Å². The largest absolute Gasteiger partial charge is 0.416 e. The summed E-state index contributed by atoms with van der Waals surface area (Å²) in [6.45, 7) is 1.33. The smallest absolute Gasteiger partial charge is 0.348 e. The lowest BCUT2D eigenvalue weighted by Crippen LogP contribution is -2.35. The number of hydrogen-bond donors (Lipinski definition) is 1. The number of rotatable bonds is 4. The molecule has 0 bridgehead atoms. The van der Waals surface area contributed by atoms with Gasteiger partial charge < -0.3 is 9.88 Å². The van der Waals surface area contributed by atoms with Gasteiger partial charge in [0.25, 0.3) is 5.56 Å². The Hall–Kier alpha value is -3.17. The van der Waals surface area contributed by atoms with Crippen LogP contribution in [0.25, 0.3) is 11.0 Å². The molecule has 0 radical (unpaired) electrons. The van der Waals surface area contributed by atoms with Gasteiger partial charge in [0.05, 0.1) is 24.1 Å². The molecule has 0 aliphatic carbocycles. The lowest BCUT2D eigenvalue weighted by molar-refractivity contribution is -0.137. The monoisotopic (exact) mass is 379 g/mol. The van der Waals surface area contributed by atoms with Crippen molar-refractivity contribution in [2.75, 3.05) is 0 Å². The first-order valence-electron chi connectivity index (χ1n) is 8.00. The zero-order valence-corrected chi connectivity index (χ0v) is 14.5. The molecule has 7 nitrogen and oxygen atoms in total. The SMILES string of the molecule is C[C@H](NC(=O)Cn1ncc2ncn(C)c2c1=O)c1ccc(C(F)(F)F)cc1. The Bertz CT molecular complexity index is 1040. The van der Waals surface area contributed by atoms with Gasteiger partial charge in [-0.3, -0.25) is 9.59 Å². The Labute approximate surface area is 151 Å². The summed E-state index contributed by atoms with van der Waals surface area (Å²) in [5.41, 5.74) is 0.0550. The Morgan fingerprint density at radius 3 is 2.56 bits per heavy atom. The number of halogens is 3. The number of nitrogens with zero attached hydrogens (tertiary/aromatic N) is 4. The number of alkyl halides is 3. The Balaban J connectivity index is 1.71. The second-order valence-corrected chi connectivity index (χ2v) is 6.11. The van der Waals surface area contributed by atoms with Crippen LogP contribution in [0.2, 0.25) is 0 Å². The molecule has 2 aromatic heterocycles.